The van der Waals surface area contributed by atoms with Crippen molar-refractivity contribution in [3.8, 4) is 5.75 Å². The van der Waals surface area contributed by atoms with Gasteiger partial charge in [0, 0.05) is 18.2 Å². The summed E-state index contributed by atoms with van der Waals surface area (Å²) in [5.74, 6) is 0.486. The van der Waals surface area contributed by atoms with Gasteiger partial charge in [-0.25, -0.2) is 8.42 Å². The van der Waals surface area contributed by atoms with E-state index < -0.39 is 10.0 Å². The van der Waals surface area contributed by atoms with Crippen LogP contribution in [0.25, 0.3) is 0 Å². The maximum absolute atomic E-state index is 12.5. The van der Waals surface area contributed by atoms with E-state index in [1.165, 1.54) is 11.4 Å². The maximum atomic E-state index is 12.5. The molecule has 2 aromatic carbocycles. The van der Waals surface area contributed by atoms with Crippen molar-refractivity contribution in [2.24, 2.45) is 0 Å². The minimum Gasteiger partial charge on any atom is -0.496 e. The fraction of sp³-hybridized carbons (Fsp3) is 0.316. The molecule has 1 atom stereocenters. The first-order valence-electron chi connectivity index (χ1n) is 8.30. The first-order chi connectivity index (χ1) is 12.3. The molecule has 1 N–H and O–H groups in total. The Bertz CT molecular complexity index is 863. The van der Waals surface area contributed by atoms with Crippen LogP contribution in [0.5, 0.6) is 5.75 Å². The van der Waals surface area contributed by atoms with Gasteiger partial charge in [-0.05, 0) is 44.2 Å². The van der Waals surface area contributed by atoms with Crippen molar-refractivity contribution in [3.05, 3.63) is 59.7 Å². The predicted molar refractivity (Wildman–Crippen MR) is 103 cm³/mol. The first kappa shape index (κ1) is 19.8. The second kappa shape index (κ2) is 8.23. The monoisotopic (exact) mass is 376 g/mol. The summed E-state index contributed by atoms with van der Waals surface area (Å²) >= 11 is 0. The van der Waals surface area contributed by atoms with Gasteiger partial charge in [0.1, 0.15) is 5.75 Å². The van der Waals surface area contributed by atoms with Crippen molar-refractivity contribution in [1.29, 1.82) is 0 Å². The largest absolute Gasteiger partial charge is 0.496 e. The molecule has 0 spiro atoms. The molecule has 1 amide bonds. The number of methoxy groups -OCH3 is 1. The molecular weight excluding hydrogens is 352 g/mol. The highest BCUT2D eigenvalue weighted by molar-refractivity contribution is 7.92. The third-order valence-corrected chi connectivity index (χ3v) is 6.00. The van der Waals surface area contributed by atoms with Gasteiger partial charge in [0.2, 0.25) is 10.0 Å². The number of carbonyl (C=O) groups excluding carboxylic acids is 1. The van der Waals surface area contributed by atoms with Crippen LogP contribution >= 0.6 is 0 Å². The number of hydrogen-bond donors (Lipinski definition) is 1. The number of sulfonamides is 1. The molecule has 0 aliphatic rings. The Hall–Kier alpha value is -2.54. The summed E-state index contributed by atoms with van der Waals surface area (Å²) in [6.45, 7) is 3.47. The molecule has 140 valence electrons. The van der Waals surface area contributed by atoms with E-state index in [2.05, 4.69) is 5.32 Å². The normalized spacial score (nSPS) is 12.3. The molecule has 0 heterocycles. The number of para-hydroxylation sites is 1. The number of nitrogens with zero attached hydrogens (tertiary/aromatic N) is 1. The average molecular weight is 376 g/mol. The van der Waals surface area contributed by atoms with Crippen LogP contribution in [0.2, 0.25) is 0 Å². The minimum atomic E-state index is -3.33. The van der Waals surface area contributed by atoms with Crippen LogP contribution < -0.4 is 14.4 Å². The number of rotatable bonds is 7. The smallest absolute Gasteiger partial charge is 0.251 e. The second-order valence-electron chi connectivity index (χ2n) is 5.85. The van der Waals surface area contributed by atoms with Crippen LogP contribution in [0.1, 0.15) is 35.8 Å². The molecule has 0 aliphatic carbocycles. The lowest BCUT2D eigenvalue weighted by molar-refractivity contribution is 0.0939. The van der Waals surface area contributed by atoms with Gasteiger partial charge in [-0.2, -0.15) is 0 Å². The number of carbonyl (C=O) groups is 1. The standard InChI is InChI=1S/C19H24N2O4S/c1-5-26(23,24)21(3)16-12-10-15(11-13-16)19(22)20-14(2)17-8-6-7-9-18(17)25-4/h6-14H,5H2,1-4H3,(H,20,22)/t14-/m0/s1. The van der Waals surface area contributed by atoms with E-state index in [0.717, 1.165) is 5.56 Å². The quantitative estimate of drug-likeness (QED) is 0.806. The summed E-state index contributed by atoms with van der Waals surface area (Å²) in [7, 11) is -0.240. The van der Waals surface area contributed by atoms with Crippen LogP contribution in [-0.2, 0) is 10.0 Å². The summed E-state index contributed by atoms with van der Waals surface area (Å²) < 4.78 is 30.4. The zero-order valence-electron chi connectivity index (χ0n) is 15.4. The third-order valence-electron chi connectivity index (χ3n) is 4.23. The van der Waals surface area contributed by atoms with Gasteiger partial charge in [0.15, 0.2) is 0 Å². The van der Waals surface area contributed by atoms with E-state index in [0.29, 0.717) is 17.0 Å². The van der Waals surface area contributed by atoms with Crippen molar-refractivity contribution in [2.75, 3.05) is 24.2 Å². The average Bonchev–Trinajstić information content (AvgIpc) is 2.67. The van der Waals surface area contributed by atoms with Crippen molar-refractivity contribution >= 4 is 21.6 Å². The Balaban J connectivity index is 2.13. The molecule has 0 aliphatic heterocycles. The number of benzene rings is 2. The van der Waals surface area contributed by atoms with Gasteiger partial charge in [-0.3, -0.25) is 9.10 Å². The van der Waals surface area contributed by atoms with Crippen molar-refractivity contribution in [3.63, 3.8) is 0 Å². The second-order valence-corrected chi connectivity index (χ2v) is 8.14. The highest BCUT2D eigenvalue weighted by Gasteiger charge is 2.17. The Morgan fingerprint density at radius 2 is 1.77 bits per heavy atom. The van der Waals surface area contributed by atoms with E-state index in [9.17, 15) is 13.2 Å². The molecule has 0 bridgehead atoms. The van der Waals surface area contributed by atoms with Crippen LogP contribution in [0, 0.1) is 0 Å². The van der Waals surface area contributed by atoms with Crippen LogP contribution in [-0.4, -0.2) is 34.2 Å². The van der Waals surface area contributed by atoms with Gasteiger partial charge >= 0.3 is 0 Å². The number of anilines is 1. The fourth-order valence-corrected chi connectivity index (χ4v) is 3.39. The van der Waals surface area contributed by atoms with Crippen LogP contribution in [0.3, 0.4) is 0 Å². The summed E-state index contributed by atoms with van der Waals surface area (Å²) in [4.78, 5) is 12.5. The van der Waals surface area contributed by atoms with Gasteiger partial charge in [0.05, 0.1) is 24.6 Å². The van der Waals surface area contributed by atoms with Gasteiger partial charge in [-0.15, -0.1) is 0 Å². The molecule has 2 aromatic rings. The molecule has 0 radical (unpaired) electrons. The summed E-state index contributed by atoms with van der Waals surface area (Å²) in [5, 5.41) is 2.93. The third kappa shape index (κ3) is 4.35. The SMILES string of the molecule is CCS(=O)(=O)N(C)c1ccc(C(=O)N[C@@H](C)c2ccccc2OC)cc1. The van der Waals surface area contributed by atoms with Gasteiger partial charge < -0.3 is 10.1 Å². The Labute approximate surface area is 154 Å². The molecular formula is C19H24N2O4S. The van der Waals surface area contributed by atoms with Gasteiger partial charge in [-0.1, -0.05) is 18.2 Å². The summed E-state index contributed by atoms with van der Waals surface area (Å²) in [6, 6.07) is 13.7. The zero-order valence-corrected chi connectivity index (χ0v) is 16.2. The molecule has 0 fully saturated rings. The molecule has 0 saturated heterocycles. The topological polar surface area (TPSA) is 75.7 Å². The highest BCUT2D eigenvalue weighted by Crippen LogP contribution is 2.25. The molecule has 0 aromatic heterocycles. The van der Waals surface area contributed by atoms with E-state index >= 15 is 0 Å². The lowest BCUT2D eigenvalue weighted by Crippen LogP contribution is -2.28. The Kier molecular flexibility index (Phi) is 6.26. The molecule has 0 unspecified atom stereocenters. The van der Waals surface area contributed by atoms with Crippen molar-refractivity contribution < 1.29 is 17.9 Å². The molecule has 0 saturated carbocycles. The minimum absolute atomic E-state index is 0.0160. The predicted octanol–water partition coefficient (Wildman–Crippen LogP) is 2.97. The lowest BCUT2D eigenvalue weighted by atomic mass is 10.1. The van der Waals surface area contributed by atoms with Crippen molar-refractivity contribution in [1.82, 2.24) is 5.32 Å². The highest BCUT2D eigenvalue weighted by atomic mass is 32.2. The molecule has 2 rings (SSSR count). The van der Waals surface area contributed by atoms with Crippen LogP contribution in [0.4, 0.5) is 5.69 Å². The number of ether oxygens (including phenoxy) is 1. The number of amides is 1. The maximum Gasteiger partial charge on any atom is 0.251 e. The summed E-state index contributed by atoms with van der Waals surface area (Å²) in [6.07, 6.45) is 0. The van der Waals surface area contributed by atoms with Gasteiger partial charge in [0.25, 0.3) is 5.91 Å². The molecule has 26 heavy (non-hydrogen) atoms. The lowest BCUT2D eigenvalue weighted by Gasteiger charge is -2.19. The first-order valence-corrected chi connectivity index (χ1v) is 9.91. The fourth-order valence-electron chi connectivity index (χ4n) is 2.56. The molecule has 7 heteroatoms. The van der Waals surface area contributed by atoms with E-state index in [1.54, 1.807) is 38.3 Å². The van der Waals surface area contributed by atoms with E-state index in [-0.39, 0.29) is 17.7 Å². The summed E-state index contributed by atoms with van der Waals surface area (Å²) in [5.41, 5.74) is 1.85. The zero-order chi connectivity index (χ0) is 19.3. The van der Waals surface area contributed by atoms with E-state index in [1.807, 2.05) is 31.2 Å². The number of hydrogen-bond acceptors (Lipinski definition) is 4. The van der Waals surface area contributed by atoms with Crippen LogP contribution in [0.15, 0.2) is 48.5 Å². The number of nitrogens with one attached hydrogen (secondary N) is 1. The molecule has 6 nitrogen and oxygen atoms in total. The Morgan fingerprint density at radius 3 is 2.35 bits per heavy atom. The van der Waals surface area contributed by atoms with E-state index in [4.69, 9.17) is 4.74 Å². The van der Waals surface area contributed by atoms with Crippen molar-refractivity contribution in [2.45, 2.75) is 19.9 Å². The Morgan fingerprint density at radius 1 is 1.15 bits per heavy atom.